The minimum Gasteiger partial charge on any atom is -0.487 e. The van der Waals surface area contributed by atoms with Gasteiger partial charge in [0.25, 0.3) is 0 Å². The number of anilines is 2. The van der Waals surface area contributed by atoms with E-state index < -0.39 is 0 Å². The second-order valence-electron chi connectivity index (χ2n) is 4.50. The van der Waals surface area contributed by atoms with Crippen molar-refractivity contribution >= 4 is 34.3 Å². The smallest absolute Gasteiger partial charge is 0.222 e. The van der Waals surface area contributed by atoms with Crippen molar-refractivity contribution in [1.82, 2.24) is 9.97 Å². The molecule has 1 heterocycles. The first-order chi connectivity index (χ1) is 10.1. The van der Waals surface area contributed by atoms with Gasteiger partial charge >= 0.3 is 0 Å². The fraction of sp³-hybridized carbons (Fsp3) is 0.0667. The number of aromatic nitrogens is 2. The summed E-state index contributed by atoms with van der Waals surface area (Å²) in [4.78, 5) is 8.17. The summed E-state index contributed by atoms with van der Waals surface area (Å²) < 4.78 is 5.74. The van der Waals surface area contributed by atoms with Crippen LogP contribution in [0.3, 0.4) is 0 Å². The van der Waals surface area contributed by atoms with Gasteiger partial charge in [-0.05, 0) is 18.2 Å². The molecule has 3 rings (SSSR count). The molecule has 1 aromatic heterocycles. The third kappa shape index (κ3) is 2.68. The van der Waals surface area contributed by atoms with Crippen LogP contribution in [0.2, 0.25) is 5.02 Å². The van der Waals surface area contributed by atoms with Gasteiger partial charge in [-0.1, -0.05) is 35.9 Å². The predicted molar refractivity (Wildman–Crippen MR) is 84.1 cm³/mol. The van der Waals surface area contributed by atoms with E-state index in [9.17, 15) is 0 Å². The predicted octanol–water partition coefficient (Wildman–Crippen LogP) is 3.03. The van der Waals surface area contributed by atoms with Gasteiger partial charge in [-0.15, -0.1) is 0 Å². The van der Waals surface area contributed by atoms with Crippen LogP contribution in [0.5, 0.6) is 5.75 Å². The van der Waals surface area contributed by atoms with Gasteiger partial charge in [0.2, 0.25) is 5.95 Å². The molecule has 21 heavy (non-hydrogen) atoms. The van der Waals surface area contributed by atoms with Crippen LogP contribution in [0.25, 0.3) is 10.9 Å². The Bertz CT molecular complexity index is 807. The van der Waals surface area contributed by atoms with Gasteiger partial charge in [-0.25, -0.2) is 4.98 Å². The first kappa shape index (κ1) is 13.5. The standard InChI is InChI=1S/C15H13ClN4O/c16-10-5-1-2-7-12(10)21-8-9-4-3-6-11-13(9)14(17)20-15(18)19-11/h1-7H,8H2,(H4,17,18,19,20). The van der Waals surface area contributed by atoms with E-state index in [0.717, 1.165) is 10.9 Å². The van der Waals surface area contributed by atoms with Crippen molar-refractivity contribution in [2.45, 2.75) is 6.61 Å². The lowest BCUT2D eigenvalue weighted by Gasteiger charge is -2.11. The summed E-state index contributed by atoms with van der Waals surface area (Å²) in [7, 11) is 0. The number of para-hydroxylation sites is 1. The van der Waals surface area contributed by atoms with Crippen LogP contribution in [0, 0.1) is 0 Å². The lowest BCUT2D eigenvalue weighted by Crippen LogP contribution is -2.04. The molecular formula is C15H13ClN4O. The summed E-state index contributed by atoms with van der Waals surface area (Å²) in [5.41, 5.74) is 13.1. The maximum atomic E-state index is 6.07. The van der Waals surface area contributed by atoms with E-state index in [2.05, 4.69) is 9.97 Å². The second kappa shape index (κ2) is 5.46. The van der Waals surface area contributed by atoms with Crippen LogP contribution in [0.1, 0.15) is 5.56 Å². The zero-order valence-electron chi connectivity index (χ0n) is 11.1. The molecular weight excluding hydrogens is 288 g/mol. The number of ether oxygens (including phenoxy) is 1. The number of rotatable bonds is 3. The summed E-state index contributed by atoms with van der Waals surface area (Å²) in [6.07, 6.45) is 0. The van der Waals surface area contributed by atoms with Crippen molar-refractivity contribution in [2.24, 2.45) is 0 Å². The van der Waals surface area contributed by atoms with Crippen molar-refractivity contribution in [2.75, 3.05) is 11.5 Å². The molecule has 4 N–H and O–H groups in total. The molecule has 0 aliphatic heterocycles. The van der Waals surface area contributed by atoms with Crippen LogP contribution < -0.4 is 16.2 Å². The second-order valence-corrected chi connectivity index (χ2v) is 4.90. The van der Waals surface area contributed by atoms with Crippen molar-refractivity contribution < 1.29 is 4.74 Å². The zero-order valence-corrected chi connectivity index (χ0v) is 11.8. The van der Waals surface area contributed by atoms with E-state index in [4.69, 9.17) is 27.8 Å². The Hall–Kier alpha value is -2.53. The highest BCUT2D eigenvalue weighted by molar-refractivity contribution is 6.32. The minimum absolute atomic E-state index is 0.157. The molecule has 2 aromatic carbocycles. The van der Waals surface area contributed by atoms with Gasteiger partial charge in [0.05, 0.1) is 10.5 Å². The molecule has 3 aromatic rings. The topological polar surface area (TPSA) is 87.0 Å². The third-order valence-electron chi connectivity index (χ3n) is 3.07. The quantitative estimate of drug-likeness (QED) is 0.776. The number of hydrogen-bond acceptors (Lipinski definition) is 5. The monoisotopic (exact) mass is 300 g/mol. The average Bonchev–Trinajstić information content (AvgIpc) is 2.45. The maximum Gasteiger partial charge on any atom is 0.222 e. The Labute approximate surface area is 126 Å². The van der Waals surface area contributed by atoms with E-state index in [1.54, 1.807) is 6.07 Å². The molecule has 0 saturated carbocycles. The first-order valence-electron chi connectivity index (χ1n) is 6.33. The number of benzene rings is 2. The number of nitrogen functional groups attached to an aromatic ring is 2. The summed E-state index contributed by atoms with van der Waals surface area (Å²) in [6.45, 7) is 0.318. The van der Waals surface area contributed by atoms with Crippen LogP contribution in [-0.4, -0.2) is 9.97 Å². The van der Waals surface area contributed by atoms with Gasteiger partial charge in [0.15, 0.2) is 0 Å². The Kier molecular flexibility index (Phi) is 3.50. The Morgan fingerprint density at radius 2 is 1.81 bits per heavy atom. The lowest BCUT2D eigenvalue weighted by atomic mass is 10.1. The molecule has 0 aliphatic rings. The van der Waals surface area contributed by atoms with Crippen molar-refractivity contribution in [1.29, 1.82) is 0 Å². The van der Waals surface area contributed by atoms with Crippen molar-refractivity contribution in [3.63, 3.8) is 0 Å². The number of nitrogens with two attached hydrogens (primary N) is 2. The molecule has 5 nitrogen and oxygen atoms in total. The van der Waals surface area contributed by atoms with Crippen LogP contribution >= 0.6 is 11.6 Å². The zero-order chi connectivity index (χ0) is 14.8. The third-order valence-corrected chi connectivity index (χ3v) is 3.39. The molecule has 0 saturated heterocycles. The van der Waals surface area contributed by atoms with Gasteiger partial charge < -0.3 is 16.2 Å². The molecule has 0 amide bonds. The molecule has 106 valence electrons. The fourth-order valence-electron chi connectivity index (χ4n) is 2.14. The fourth-order valence-corrected chi connectivity index (χ4v) is 2.33. The Balaban J connectivity index is 1.96. The van der Waals surface area contributed by atoms with Gasteiger partial charge in [0, 0.05) is 10.9 Å². The van der Waals surface area contributed by atoms with E-state index in [-0.39, 0.29) is 5.95 Å². The van der Waals surface area contributed by atoms with E-state index in [0.29, 0.717) is 28.7 Å². The maximum absolute atomic E-state index is 6.07. The van der Waals surface area contributed by atoms with E-state index in [1.165, 1.54) is 0 Å². The highest BCUT2D eigenvalue weighted by Crippen LogP contribution is 2.27. The summed E-state index contributed by atoms with van der Waals surface area (Å²) in [6, 6.07) is 12.9. The largest absolute Gasteiger partial charge is 0.487 e. The summed E-state index contributed by atoms with van der Waals surface area (Å²) in [5.74, 6) is 1.12. The molecule has 0 spiro atoms. The van der Waals surface area contributed by atoms with Crippen LogP contribution in [0.4, 0.5) is 11.8 Å². The minimum atomic E-state index is 0.157. The normalized spacial score (nSPS) is 10.7. The molecule has 0 aliphatic carbocycles. The number of nitrogens with zero attached hydrogens (tertiary/aromatic N) is 2. The highest BCUT2D eigenvalue weighted by atomic mass is 35.5. The van der Waals surface area contributed by atoms with Crippen molar-refractivity contribution in [3.8, 4) is 5.75 Å². The SMILES string of the molecule is Nc1nc(N)c2c(COc3ccccc3Cl)cccc2n1. The number of hydrogen-bond donors (Lipinski definition) is 2. The first-order valence-corrected chi connectivity index (χ1v) is 6.71. The highest BCUT2D eigenvalue weighted by Gasteiger charge is 2.09. The molecule has 0 bridgehead atoms. The van der Waals surface area contributed by atoms with E-state index >= 15 is 0 Å². The Morgan fingerprint density at radius 3 is 2.62 bits per heavy atom. The van der Waals surface area contributed by atoms with Crippen LogP contribution in [-0.2, 0) is 6.61 Å². The summed E-state index contributed by atoms with van der Waals surface area (Å²) >= 11 is 6.07. The van der Waals surface area contributed by atoms with Crippen LogP contribution in [0.15, 0.2) is 42.5 Å². The van der Waals surface area contributed by atoms with Gasteiger partial charge in [-0.2, -0.15) is 4.98 Å². The number of fused-ring (bicyclic) bond motifs is 1. The average molecular weight is 301 g/mol. The Morgan fingerprint density at radius 1 is 1.00 bits per heavy atom. The van der Waals surface area contributed by atoms with Gasteiger partial charge in [0.1, 0.15) is 18.2 Å². The van der Waals surface area contributed by atoms with Crippen molar-refractivity contribution in [3.05, 3.63) is 53.1 Å². The molecule has 0 radical (unpaired) electrons. The number of halogens is 1. The molecule has 0 unspecified atom stereocenters. The van der Waals surface area contributed by atoms with Gasteiger partial charge in [-0.3, -0.25) is 0 Å². The van der Waals surface area contributed by atoms with E-state index in [1.807, 2.05) is 36.4 Å². The summed E-state index contributed by atoms with van der Waals surface area (Å²) in [5, 5.41) is 1.31. The molecule has 0 fully saturated rings. The molecule has 6 heteroatoms. The lowest BCUT2D eigenvalue weighted by molar-refractivity contribution is 0.308. The molecule has 0 atom stereocenters.